The quantitative estimate of drug-likeness (QED) is 0.531. The Hall–Kier alpha value is -2.97. The van der Waals surface area contributed by atoms with Crippen LogP contribution in [0.1, 0.15) is 12.3 Å². The maximum absolute atomic E-state index is 12.6. The Labute approximate surface area is 185 Å². The number of carbonyl (C=O) groups excluding carboxylic acids is 1. The van der Waals surface area contributed by atoms with Crippen LogP contribution >= 0.6 is 11.6 Å². The smallest absolute Gasteiger partial charge is 0.227 e. The van der Waals surface area contributed by atoms with Crippen molar-refractivity contribution in [1.29, 1.82) is 0 Å². The summed E-state index contributed by atoms with van der Waals surface area (Å²) in [5, 5.41) is 4.67. The second-order valence-electron chi connectivity index (χ2n) is 7.27. The van der Waals surface area contributed by atoms with E-state index >= 15 is 0 Å². The standard InChI is InChI=1S/C22H24ClN5O3/c23-18-1-3-19(4-2-18)30-16-15-27-11-13-28(14-12-27)21(29)6-5-20-25-22(26-31-20)17-7-9-24-10-8-17/h1-4,7-10H,5-6,11-16H2. The highest BCUT2D eigenvalue weighted by atomic mass is 35.5. The molecule has 0 spiro atoms. The molecule has 0 atom stereocenters. The number of rotatable bonds is 8. The number of benzene rings is 1. The lowest BCUT2D eigenvalue weighted by atomic mass is 10.2. The van der Waals surface area contributed by atoms with Crippen LogP contribution in [0.5, 0.6) is 5.75 Å². The minimum absolute atomic E-state index is 0.112. The zero-order valence-corrected chi connectivity index (χ0v) is 17.9. The molecule has 0 radical (unpaired) electrons. The van der Waals surface area contributed by atoms with Gasteiger partial charge >= 0.3 is 0 Å². The molecule has 0 aliphatic carbocycles. The van der Waals surface area contributed by atoms with E-state index < -0.39 is 0 Å². The highest BCUT2D eigenvalue weighted by Gasteiger charge is 2.21. The third kappa shape index (κ3) is 6.02. The molecule has 1 aliphatic heterocycles. The van der Waals surface area contributed by atoms with Crippen LogP contribution in [0.4, 0.5) is 0 Å². The fourth-order valence-electron chi connectivity index (χ4n) is 3.39. The molecule has 4 rings (SSSR count). The van der Waals surface area contributed by atoms with Crippen molar-refractivity contribution in [1.82, 2.24) is 24.9 Å². The van der Waals surface area contributed by atoms with Gasteiger partial charge in [0.25, 0.3) is 0 Å². The lowest BCUT2D eigenvalue weighted by Gasteiger charge is -2.34. The van der Waals surface area contributed by atoms with Gasteiger partial charge in [0.1, 0.15) is 12.4 Å². The Morgan fingerprint density at radius 3 is 2.55 bits per heavy atom. The monoisotopic (exact) mass is 441 g/mol. The topological polar surface area (TPSA) is 84.6 Å². The molecule has 0 bridgehead atoms. The maximum Gasteiger partial charge on any atom is 0.227 e. The van der Waals surface area contributed by atoms with Gasteiger partial charge in [0.15, 0.2) is 0 Å². The summed E-state index contributed by atoms with van der Waals surface area (Å²) in [5.74, 6) is 1.91. The molecule has 8 nitrogen and oxygen atoms in total. The van der Waals surface area contributed by atoms with Gasteiger partial charge in [-0.25, -0.2) is 0 Å². The van der Waals surface area contributed by atoms with Crippen molar-refractivity contribution in [3.63, 3.8) is 0 Å². The van der Waals surface area contributed by atoms with Crippen molar-refractivity contribution < 1.29 is 14.1 Å². The summed E-state index contributed by atoms with van der Waals surface area (Å²) in [6.45, 7) is 4.53. The molecule has 1 aliphatic rings. The molecule has 1 saturated heterocycles. The van der Waals surface area contributed by atoms with E-state index in [9.17, 15) is 4.79 Å². The van der Waals surface area contributed by atoms with Gasteiger partial charge in [0, 0.05) is 68.5 Å². The van der Waals surface area contributed by atoms with Crippen molar-refractivity contribution in [2.24, 2.45) is 0 Å². The average Bonchev–Trinajstić information content (AvgIpc) is 3.29. The van der Waals surface area contributed by atoms with Crippen LogP contribution in [0.2, 0.25) is 5.02 Å². The molecule has 162 valence electrons. The average molecular weight is 442 g/mol. The minimum Gasteiger partial charge on any atom is -0.492 e. The summed E-state index contributed by atoms with van der Waals surface area (Å²) >= 11 is 5.88. The molecule has 1 amide bonds. The number of carbonyl (C=O) groups is 1. The number of halogens is 1. The maximum atomic E-state index is 12.6. The van der Waals surface area contributed by atoms with Crippen molar-refractivity contribution in [3.8, 4) is 17.1 Å². The van der Waals surface area contributed by atoms with E-state index in [0.717, 1.165) is 30.9 Å². The van der Waals surface area contributed by atoms with Crippen molar-refractivity contribution in [2.75, 3.05) is 39.3 Å². The molecule has 0 N–H and O–H groups in total. The number of amides is 1. The van der Waals surface area contributed by atoms with E-state index in [2.05, 4.69) is 20.0 Å². The zero-order chi connectivity index (χ0) is 21.5. The summed E-state index contributed by atoms with van der Waals surface area (Å²) in [5.41, 5.74) is 0.840. The number of aryl methyl sites for hydroxylation is 1. The molecular weight excluding hydrogens is 418 g/mol. The number of nitrogens with zero attached hydrogens (tertiary/aromatic N) is 5. The molecule has 1 aromatic carbocycles. The summed E-state index contributed by atoms with van der Waals surface area (Å²) in [4.78, 5) is 25.1. The second-order valence-corrected chi connectivity index (χ2v) is 7.71. The van der Waals surface area contributed by atoms with Crippen LogP contribution in [0.25, 0.3) is 11.4 Å². The molecule has 9 heteroatoms. The van der Waals surface area contributed by atoms with Gasteiger partial charge in [0.05, 0.1) is 0 Å². The number of ether oxygens (including phenoxy) is 1. The molecular formula is C22H24ClN5O3. The van der Waals surface area contributed by atoms with Gasteiger partial charge in [-0.1, -0.05) is 16.8 Å². The van der Waals surface area contributed by atoms with E-state index in [1.807, 2.05) is 41.3 Å². The lowest BCUT2D eigenvalue weighted by Crippen LogP contribution is -2.49. The van der Waals surface area contributed by atoms with Crippen molar-refractivity contribution in [3.05, 3.63) is 59.7 Å². The molecule has 0 unspecified atom stereocenters. The second kappa shape index (κ2) is 10.4. The number of hydrogen-bond acceptors (Lipinski definition) is 7. The van der Waals surface area contributed by atoms with E-state index in [4.69, 9.17) is 20.9 Å². The minimum atomic E-state index is 0.112. The summed E-state index contributed by atoms with van der Waals surface area (Å²) in [6.07, 6.45) is 4.15. The van der Waals surface area contributed by atoms with Gasteiger partial charge in [-0.05, 0) is 36.4 Å². The highest BCUT2D eigenvalue weighted by molar-refractivity contribution is 6.30. The van der Waals surface area contributed by atoms with Crippen LogP contribution in [-0.4, -0.2) is 70.2 Å². The van der Waals surface area contributed by atoms with Crippen LogP contribution < -0.4 is 4.74 Å². The third-order valence-corrected chi connectivity index (χ3v) is 5.43. The predicted molar refractivity (Wildman–Crippen MR) is 116 cm³/mol. The number of hydrogen-bond donors (Lipinski definition) is 0. The first-order valence-electron chi connectivity index (χ1n) is 10.3. The fourth-order valence-corrected chi connectivity index (χ4v) is 3.52. The fraction of sp³-hybridized carbons (Fsp3) is 0.364. The molecule has 31 heavy (non-hydrogen) atoms. The Kier molecular flexibility index (Phi) is 7.11. The van der Waals surface area contributed by atoms with Gasteiger partial charge in [-0.15, -0.1) is 0 Å². The van der Waals surface area contributed by atoms with Crippen LogP contribution in [-0.2, 0) is 11.2 Å². The number of aromatic nitrogens is 3. The summed E-state index contributed by atoms with van der Waals surface area (Å²) in [7, 11) is 0. The van der Waals surface area contributed by atoms with Crippen molar-refractivity contribution in [2.45, 2.75) is 12.8 Å². The molecule has 2 aromatic heterocycles. The molecule has 3 aromatic rings. The molecule has 0 saturated carbocycles. The summed E-state index contributed by atoms with van der Waals surface area (Å²) in [6, 6.07) is 11.0. The Morgan fingerprint density at radius 1 is 1.06 bits per heavy atom. The molecule has 3 heterocycles. The van der Waals surface area contributed by atoms with Gasteiger partial charge in [0.2, 0.25) is 17.6 Å². The summed E-state index contributed by atoms with van der Waals surface area (Å²) < 4.78 is 11.0. The highest BCUT2D eigenvalue weighted by Crippen LogP contribution is 2.16. The predicted octanol–water partition coefficient (Wildman–Crippen LogP) is 2.94. The first-order valence-corrected chi connectivity index (χ1v) is 10.7. The molecule has 1 fully saturated rings. The normalized spacial score (nSPS) is 14.5. The SMILES string of the molecule is O=C(CCc1nc(-c2ccncc2)no1)N1CCN(CCOc2ccc(Cl)cc2)CC1. The lowest BCUT2D eigenvalue weighted by molar-refractivity contribution is -0.133. The zero-order valence-electron chi connectivity index (χ0n) is 17.1. The first kappa shape index (κ1) is 21.3. The van der Waals surface area contributed by atoms with E-state index in [0.29, 0.717) is 49.3 Å². The Balaban J connectivity index is 1.16. The van der Waals surface area contributed by atoms with Crippen LogP contribution in [0, 0.1) is 0 Å². The Morgan fingerprint density at radius 2 is 1.81 bits per heavy atom. The largest absolute Gasteiger partial charge is 0.492 e. The first-order chi connectivity index (χ1) is 15.2. The number of piperazine rings is 1. The number of pyridine rings is 1. The third-order valence-electron chi connectivity index (χ3n) is 5.17. The Bertz CT molecular complexity index is 972. The van der Waals surface area contributed by atoms with E-state index in [-0.39, 0.29) is 5.91 Å². The van der Waals surface area contributed by atoms with Crippen LogP contribution in [0.3, 0.4) is 0 Å². The van der Waals surface area contributed by atoms with Crippen molar-refractivity contribution >= 4 is 17.5 Å². The van der Waals surface area contributed by atoms with E-state index in [1.165, 1.54) is 0 Å². The van der Waals surface area contributed by atoms with E-state index in [1.54, 1.807) is 12.4 Å². The van der Waals surface area contributed by atoms with Gasteiger partial charge in [-0.2, -0.15) is 4.98 Å². The van der Waals surface area contributed by atoms with Gasteiger partial charge < -0.3 is 14.2 Å². The van der Waals surface area contributed by atoms with Crippen LogP contribution in [0.15, 0.2) is 53.3 Å². The van der Waals surface area contributed by atoms with Gasteiger partial charge in [-0.3, -0.25) is 14.7 Å².